The Morgan fingerprint density at radius 1 is 1.26 bits per heavy atom. The number of aromatic nitrogens is 2. The first-order valence-electron chi connectivity index (χ1n) is 7.76. The number of nitrogens with one attached hydrogen (secondary N) is 2. The zero-order valence-corrected chi connectivity index (χ0v) is 16.1. The van der Waals surface area contributed by atoms with Gasteiger partial charge >= 0.3 is 0 Å². The minimum Gasteiger partial charge on any atom is -0.355 e. The van der Waals surface area contributed by atoms with E-state index in [9.17, 15) is 0 Å². The molecule has 0 bridgehead atoms. The van der Waals surface area contributed by atoms with E-state index in [0.717, 1.165) is 31.9 Å². The Morgan fingerprint density at radius 3 is 2.70 bits per heavy atom. The Bertz CT molecular complexity index is 554. The number of guanidine groups is 1. The van der Waals surface area contributed by atoms with Crippen LogP contribution in [-0.2, 0) is 13.0 Å². The van der Waals surface area contributed by atoms with Crippen LogP contribution in [0, 0.1) is 0 Å². The van der Waals surface area contributed by atoms with Crippen molar-refractivity contribution in [1.82, 2.24) is 20.4 Å². The van der Waals surface area contributed by atoms with Crippen LogP contribution in [0.1, 0.15) is 18.9 Å². The van der Waals surface area contributed by atoms with Crippen molar-refractivity contribution in [2.45, 2.75) is 32.4 Å². The first-order chi connectivity index (χ1) is 10.8. The highest BCUT2D eigenvalue weighted by Gasteiger charge is 2.05. The molecular weight excluding hydrogens is 401 g/mol. The zero-order valence-electron chi connectivity index (χ0n) is 13.8. The average molecular weight is 427 g/mol. The summed E-state index contributed by atoms with van der Waals surface area (Å²) >= 11 is 0. The Hall–Kier alpha value is -1.57. The minimum absolute atomic E-state index is 0. The molecule has 1 heterocycles. The van der Waals surface area contributed by atoms with Gasteiger partial charge < -0.3 is 10.6 Å². The molecule has 0 spiro atoms. The molecule has 0 amide bonds. The van der Waals surface area contributed by atoms with Crippen molar-refractivity contribution in [1.29, 1.82) is 0 Å². The maximum atomic E-state index is 4.27. The summed E-state index contributed by atoms with van der Waals surface area (Å²) in [6.07, 6.45) is 5.89. The average Bonchev–Trinajstić information content (AvgIpc) is 3.06. The highest BCUT2D eigenvalue weighted by molar-refractivity contribution is 14.0. The second kappa shape index (κ2) is 11.0. The number of hydrogen-bond acceptors (Lipinski definition) is 2. The van der Waals surface area contributed by atoms with E-state index >= 15 is 0 Å². The number of benzene rings is 1. The minimum atomic E-state index is 0. The van der Waals surface area contributed by atoms with E-state index in [0.29, 0.717) is 6.04 Å². The van der Waals surface area contributed by atoms with Gasteiger partial charge in [-0.15, -0.1) is 24.0 Å². The van der Waals surface area contributed by atoms with Crippen LogP contribution in [0.2, 0.25) is 0 Å². The number of rotatable bonds is 7. The smallest absolute Gasteiger partial charge is 0.191 e. The van der Waals surface area contributed by atoms with Crippen LogP contribution in [-0.4, -0.2) is 35.4 Å². The molecule has 2 rings (SSSR count). The van der Waals surface area contributed by atoms with Crippen LogP contribution in [0.3, 0.4) is 0 Å². The summed E-state index contributed by atoms with van der Waals surface area (Å²) in [5, 5.41) is 10.9. The van der Waals surface area contributed by atoms with E-state index in [-0.39, 0.29) is 24.0 Å². The van der Waals surface area contributed by atoms with Crippen molar-refractivity contribution in [3.05, 3.63) is 54.4 Å². The topological polar surface area (TPSA) is 54.2 Å². The van der Waals surface area contributed by atoms with Gasteiger partial charge in [0, 0.05) is 32.0 Å². The maximum absolute atomic E-state index is 4.27. The Labute approximate surface area is 155 Å². The van der Waals surface area contributed by atoms with Gasteiger partial charge in [0.1, 0.15) is 0 Å². The van der Waals surface area contributed by atoms with Crippen LogP contribution in [0.4, 0.5) is 0 Å². The molecule has 1 aromatic carbocycles. The van der Waals surface area contributed by atoms with E-state index in [1.807, 2.05) is 16.9 Å². The summed E-state index contributed by atoms with van der Waals surface area (Å²) < 4.78 is 1.90. The van der Waals surface area contributed by atoms with E-state index in [4.69, 9.17) is 0 Å². The van der Waals surface area contributed by atoms with Gasteiger partial charge in [0.05, 0.1) is 6.54 Å². The van der Waals surface area contributed by atoms with Crippen LogP contribution in [0.5, 0.6) is 0 Å². The molecule has 0 saturated heterocycles. The summed E-state index contributed by atoms with van der Waals surface area (Å²) in [6, 6.07) is 12.9. The molecule has 0 aliphatic carbocycles. The highest BCUT2D eigenvalue weighted by Crippen LogP contribution is 2.04. The first-order valence-corrected chi connectivity index (χ1v) is 7.76. The molecule has 1 atom stereocenters. The highest BCUT2D eigenvalue weighted by atomic mass is 127. The number of hydrogen-bond donors (Lipinski definition) is 2. The van der Waals surface area contributed by atoms with Crippen molar-refractivity contribution in [2.24, 2.45) is 4.99 Å². The van der Waals surface area contributed by atoms with E-state index in [2.05, 4.69) is 58.0 Å². The predicted molar refractivity (Wildman–Crippen MR) is 106 cm³/mol. The van der Waals surface area contributed by atoms with Crippen molar-refractivity contribution in [3.63, 3.8) is 0 Å². The molecule has 0 aliphatic rings. The molecule has 1 aromatic heterocycles. The van der Waals surface area contributed by atoms with Gasteiger partial charge in [-0.2, -0.15) is 5.10 Å². The third kappa shape index (κ3) is 7.49. The van der Waals surface area contributed by atoms with Crippen LogP contribution in [0.25, 0.3) is 0 Å². The van der Waals surface area contributed by atoms with Gasteiger partial charge in [-0.25, -0.2) is 0 Å². The Balaban J connectivity index is 0.00000264. The van der Waals surface area contributed by atoms with Crippen molar-refractivity contribution in [3.8, 4) is 0 Å². The van der Waals surface area contributed by atoms with Crippen molar-refractivity contribution >= 4 is 29.9 Å². The number of aliphatic imine (C=N–C) groups is 1. The summed E-state index contributed by atoms with van der Waals surface area (Å²) in [7, 11) is 1.80. The second-order valence-corrected chi connectivity index (χ2v) is 5.34. The maximum Gasteiger partial charge on any atom is 0.191 e. The number of aryl methyl sites for hydroxylation is 1. The molecule has 6 heteroatoms. The number of halogens is 1. The third-order valence-electron chi connectivity index (χ3n) is 3.51. The van der Waals surface area contributed by atoms with Gasteiger partial charge in [-0.3, -0.25) is 9.67 Å². The predicted octanol–water partition coefficient (Wildman–Crippen LogP) is 2.69. The largest absolute Gasteiger partial charge is 0.355 e. The van der Waals surface area contributed by atoms with Crippen LogP contribution in [0.15, 0.2) is 53.8 Å². The fourth-order valence-electron chi connectivity index (χ4n) is 2.25. The van der Waals surface area contributed by atoms with Crippen molar-refractivity contribution in [2.75, 3.05) is 13.6 Å². The Morgan fingerprint density at radius 2 is 2.04 bits per heavy atom. The standard InChI is InChI=1S/C17H25N5.HI/c1-15(9-10-16-7-4-3-5-8-16)21-17(18-2)19-12-14-22-13-6-11-20-22;/h3-8,11,13,15H,9-10,12,14H2,1-2H3,(H2,18,19,21);1H. The molecule has 2 N–H and O–H groups in total. The third-order valence-corrected chi connectivity index (χ3v) is 3.51. The van der Waals surface area contributed by atoms with Crippen molar-refractivity contribution < 1.29 is 0 Å². The second-order valence-electron chi connectivity index (χ2n) is 5.34. The quantitative estimate of drug-likeness (QED) is 0.406. The van der Waals surface area contributed by atoms with Crippen LogP contribution < -0.4 is 10.6 Å². The van der Waals surface area contributed by atoms with Gasteiger partial charge in [-0.1, -0.05) is 30.3 Å². The lowest BCUT2D eigenvalue weighted by Crippen LogP contribution is -2.43. The van der Waals surface area contributed by atoms with E-state index in [1.165, 1.54) is 5.56 Å². The molecular formula is C17H26IN5. The summed E-state index contributed by atoms with van der Waals surface area (Å²) in [6.45, 7) is 3.81. The lowest BCUT2D eigenvalue weighted by atomic mass is 10.1. The molecule has 0 radical (unpaired) electrons. The molecule has 2 aromatic rings. The molecule has 1 unspecified atom stereocenters. The molecule has 126 valence electrons. The molecule has 23 heavy (non-hydrogen) atoms. The molecule has 5 nitrogen and oxygen atoms in total. The van der Waals surface area contributed by atoms with E-state index < -0.39 is 0 Å². The SMILES string of the molecule is CN=C(NCCn1cccn1)NC(C)CCc1ccccc1.I. The van der Waals surface area contributed by atoms with Gasteiger partial charge in [0.25, 0.3) is 0 Å². The molecule has 0 fully saturated rings. The fraction of sp³-hybridized carbons (Fsp3) is 0.412. The molecule has 0 saturated carbocycles. The Kier molecular flexibility index (Phi) is 9.35. The fourth-order valence-corrected chi connectivity index (χ4v) is 2.25. The van der Waals surface area contributed by atoms with E-state index in [1.54, 1.807) is 13.2 Å². The summed E-state index contributed by atoms with van der Waals surface area (Å²) in [5.74, 6) is 0.840. The zero-order chi connectivity index (χ0) is 15.6. The van der Waals surface area contributed by atoms with Gasteiger partial charge in [0.15, 0.2) is 5.96 Å². The molecule has 0 aliphatic heterocycles. The lowest BCUT2D eigenvalue weighted by molar-refractivity contribution is 0.571. The summed E-state index contributed by atoms with van der Waals surface area (Å²) in [5.41, 5.74) is 1.37. The first kappa shape index (κ1) is 19.5. The lowest BCUT2D eigenvalue weighted by Gasteiger charge is -2.18. The van der Waals surface area contributed by atoms with Gasteiger partial charge in [-0.05, 0) is 31.4 Å². The summed E-state index contributed by atoms with van der Waals surface area (Å²) in [4.78, 5) is 4.27. The normalized spacial score (nSPS) is 12.3. The number of nitrogens with zero attached hydrogens (tertiary/aromatic N) is 3. The monoisotopic (exact) mass is 427 g/mol. The van der Waals surface area contributed by atoms with Gasteiger partial charge in [0.2, 0.25) is 0 Å². The van der Waals surface area contributed by atoms with Crippen LogP contribution >= 0.6 is 24.0 Å².